The fourth-order valence-corrected chi connectivity index (χ4v) is 2.30. The second-order valence-corrected chi connectivity index (χ2v) is 5.85. The van der Waals surface area contributed by atoms with Crippen molar-refractivity contribution in [3.63, 3.8) is 0 Å². The zero-order valence-electron chi connectivity index (χ0n) is 13.9. The molecule has 0 aliphatic carbocycles. The van der Waals surface area contributed by atoms with Gasteiger partial charge in [-0.25, -0.2) is 9.78 Å². The Balaban J connectivity index is 0.000000316. The van der Waals surface area contributed by atoms with E-state index in [2.05, 4.69) is 15.4 Å². The Bertz CT molecular complexity index is 685. The number of rotatable bonds is 3. The summed E-state index contributed by atoms with van der Waals surface area (Å²) in [6.07, 6.45) is 4.82. The predicted octanol–water partition coefficient (Wildman–Crippen LogP) is 2.38. The minimum absolute atomic E-state index is 0.0262. The summed E-state index contributed by atoms with van der Waals surface area (Å²) in [4.78, 5) is 31.3. The molecule has 1 aliphatic rings. The molecule has 2 aromatic heterocycles. The molecule has 7 nitrogen and oxygen atoms in total. The molecule has 1 N–H and O–H groups in total. The first-order chi connectivity index (χ1) is 12.0. The molecule has 1 aliphatic heterocycles. The number of anilines is 1. The number of pyridine rings is 2. The van der Waals surface area contributed by atoms with Gasteiger partial charge in [0.15, 0.2) is 11.9 Å². The summed E-state index contributed by atoms with van der Waals surface area (Å²) >= 11 is 6.02. The van der Waals surface area contributed by atoms with Gasteiger partial charge in [0.1, 0.15) is 0 Å². The van der Waals surface area contributed by atoms with Crippen LogP contribution >= 0.6 is 11.6 Å². The summed E-state index contributed by atoms with van der Waals surface area (Å²) in [5.74, 6) is -0.414. The summed E-state index contributed by atoms with van der Waals surface area (Å²) in [6.45, 7) is 3.50. The average molecular weight is 363 g/mol. The number of hydrazine groups is 1. The maximum atomic E-state index is 12.0. The highest BCUT2D eigenvalue weighted by Crippen LogP contribution is 2.26. The fraction of sp³-hybridized carbons (Fsp3) is 0.294. The third-order valence-electron chi connectivity index (χ3n) is 3.09. The Labute approximate surface area is 151 Å². The molecule has 8 heteroatoms. The largest absolute Gasteiger partial charge is 0.461 e. The van der Waals surface area contributed by atoms with Crippen LogP contribution in [-0.4, -0.2) is 34.0 Å². The van der Waals surface area contributed by atoms with E-state index in [1.54, 1.807) is 38.4 Å². The van der Waals surface area contributed by atoms with Crippen molar-refractivity contribution in [3.05, 3.63) is 53.9 Å². The van der Waals surface area contributed by atoms with Crippen LogP contribution in [0.4, 0.5) is 5.82 Å². The lowest BCUT2D eigenvalue weighted by Crippen LogP contribution is -2.44. The van der Waals surface area contributed by atoms with Crippen molar-refractivity contribution in [2.75, 3.05) is 5.01 Å². The summed E-state index contributed by atoms with van der Waals surface area (Å²) in [5, 5.41) is 1.71. The van der Waals surface area contributed by atoms with Crippen LogP contribution in [0, 0.1) is 0 Å². The minimum atomic E-state index is -0.748. The van der Waals surface area contributed by atoms with E-state index in [1.807, 2.05) is 18.2 Å². The summed E-state index contributed by atoms with van der Waals surface area (Å²) in [7, 11) is 0. The Morgan fingerprint density at radius 1 is 1.28 bits per heavy atom. The molecule has 1 unspecified atom stereocenters. The van der Waals surface area contributed by atoms with Gasteiger partial charge < -0.3 is 4.74 Å². The number of hydrogen-bond acceptors (Lipinski definition) is 6. The van der Waals surface area contributed by atoms with Crippen molar-refractivity contribution in [2.24, 2.45) is 0 Å². The van der Waals surface area contributed by atoms with E-state index in [0.29, 0.717) is 10.8 Å². The van der Waals surface area contributed by atoms with Crippen LogP contribution in [0.25, 0.3) is 0 Å². The van der Waals surface area contributed by atoms with E-state index < -0.39 is 12.0 Å². The first-order valence-corrected chi connectivity index (χ1v) is 8.11. The van der Waals surface area contributed by atoms with Gasteiger partial charge in [0.25, 0.3) is 0 Å². The highest BCUT2D eigenvalue weighted by molar-refractivity contribution is 6.33. The molecule has 3 rings (SSSR count). The number of hydrogen-bond donors (Lipinski definition) is 1. The van der Waals surface area contributed by atoms with E-state index in [1.165, 1.54) is 11.2 Å². The number of nitrogens with zero attached hydrogens (tertiary/aromatic N) is 3. The molecule has 132 valence electrons. The molecule has 0 spiro atoms. The fourth-order valence-electron chi connectivity index (χ4n) is 2.09. The van der Waals surface area contributed by atoms with Crippen LogP contribution in [0.3, 0.4) is 0 Å². The van der Waals surface area contributed by atoms with Gasteiger partial charge in [-0.3, -0.25) is 20.2 Å². The van der Waals surface area contributed by atoms with Crippen LogP contribution in [-0.2, 0) is 14.3 Å². The molecule has 0 radical (unpaired) electrons. The minimum Gasteiger partial charge on any atom is -0.461 e. The monoisotopic (exact) mass is 362 g/mol. The van der Waals surface area contributed by atoms with Gasteiger partial charge in [0.2, 0.25) is 5.91 Å². The number of carbonyl (C=O) groups excluding carboxylic acids is 2. The number of amides is 1. The van der Waals surface area contributed by atoms with Gasteiger partial charge in [-0.1, -0.05) is 17.7 Å². The molecule has 1 amide bonds. The molecular formula is C17H19ClN4O3. The van der Waals surface area contributed by atoms with Crippen LogP contribution < -0.4 is 10.4 Å². The molecule has 0 saturated carbocycles. The first-order valence-electron chi connectivity index (χ1n) is 7.73. The van der Waals surface area contributed by atoms with Gasteiger partial charge >= 0.3 is 5.97 Å². The Kier molecular flexibility index (Phi) is 6.71. The number of ether oxygens (including phenoxy) is 1. The smallest absolute Gasteiger partial charge is 0.331 e. The molecule has 25 heavy (non-hydrogen) atoms. The van der Waals surface area contributed by atoms with E-state index in [-0.39, 0.29) is 18.4 Å². The lowest BCUT2D eigenvalue weighted by molar-refractivity contribution is -0.149. The number of aromatic nitrogens is 2. The lowest BCUT2D eigenvalue weighted by Gasteiger charge is -2.24. The Morgan fingerprint density at radius 2 is 2.00 bits per heavy atom. The molecule has 2 aromatic rings. The molecule has 1 atom stereocenters. The second kappa shape index (κ2) is 8.98. The van der Waals surface area contributed by atoms with Crippen molar-refractivity contribution in [1.29, 1.82) is 0 Å². The van der Waals surface area contributed by atoms with Crippen LogP contribution in [0.15, 0.2) is 48.9 Å². The van der Waals surface area contributed by atoms with Gasteiger partial charge in [0.05, 0.1) is 17.5 Å². The van der Waals surface area contributed by atoms with Crippen molar-refractivity contribution in [1.82, 2.24) is 15.4 Å². The van der Waals surface area contributed by atoms with Gasteiger partial charge in [0, 0.05) is 18.6 Å². The van der Waals surface area contributed by atoms with E-state index in [0.717, 1.165) is 0 Å². The normalized spacial score (nSPS) is 16.1. The Hall–Kier alpha value is -2.67. The SMILES string of the molecule is CC(C)OC(=O)C1CC(=O)NN1c1ncccc1Cl.c1ccncc1. The van der Waals surface area contributed by atoms with Crippen LogP contribution in [0.5, 0.6) is 0 Å². The van der Waals surface area contributed by atoms with Crippen molar-refractivity contribution < 1.29 is 14.3 Å². The maximum absolute atomic E-state index is 12.0. The lowest BCUT2D eigenvalue weighted by atomic mass is 10.2. The third-order valence-corrected chi connectivity index (χ3v) is 3.39. The zero-order chi connectivity index (χ0) is 18.2. The van der Waals surface area contributed by atoms with Gasteiger partial charge in [-0.15, -0.1) is 0 Å². The molecule has 1 saturated heterocycles. The van der Waals surface area contributed by atoms with E-state index >= 15 is 0 Å². The van der Waals surface area contributed by atoms with Crippen molar-refractivity contribution in [2.45, 2.75) is 32.4 Å². The van der Waals surface area contributed by atoms with Crippen molar-refractivity contribution >= 4 is 29.3 Å². The highest BCUT2D eigenvalue weighted by Gasteiger charge is 2.39. The van der Waals surface area contributed by atoms with E-state index in [4.69, 9.17) is 16.3 Å². The number of esters is 1. The summed E-state index contributed by atoms with van der Waals surface area (Å²) in [5.41, 5.74) is 2.56. The number of carbonyl (C=O) groups is 2. The van der Waals surface area contributed by atoms with Gasteiger partial charge in [-0.2, -0.15) is 0 Å². The van der Waals surface area contributed by atoms with Crippen LogP contribution in [0.2, 0.25) is 5.02 Å². The first kappa shape index (κ1) is 18.7. The number of nitrogens with one attached hydrogen (secondary N) is 1. The topological polar surface area (TPSA) is 84.4 Å². The predicted molar refractivity (Wildman–Crippen MR) is 93.7 cm³/mol. The third kappa shape index (κ3) is 5.42. The molecular weight excluding hydrogens is 344 g/mol. The number of halogens is 1. The standard InChI is InChI=1S/C12H14ClN3O3.C5H5N/c1-7(2)19-12(18)9-6-10(17)15-16(9)11-8(13)4-3-5-14-11;1-2-4-6-5-3-1/h3-5,7,9H,6H2,1-2H3,(H,15,17);1-5H. The van der Waals surface area contributed by atoms with E-state index in [9.17, 15) is 9.59 Å². The quantitative estimate of drug-likeness (QED) is 0.844. The van der Waals surface area contributed by atoms with Crippen molar-refractivity contribution in [3.8, 4) is 0 Å². The Morgan fingerprint density at radius 3 is 2.52 bits per heavy atom. The average Bonchev–Trinajstić information content (AvgIpc) is 2.99. The summed E-state index contributed by atoms with van der Waals surface area (Å²) in [6, 6.07) is 8.28. The molecule has 0 aromatic carbocycles. The second-order valence-electron chi connectivity index (χ2n) is 5.44. The molecule has 0 bridgehead atoms. The van der Waals surface area contributed by atoms with Gasteiger partial charge in [-0.05, 0) is 38.1 Å². The maximum Gasteiger partial charge on any atom is 0.331 e. The molecule has 3 heterocycles. The zero-order valence-corrected chi connectivity index (χ0v) is 14.7. The highest BCUT2D eigenvalue weighted by atomic mass is 35.5. The summed E-state index contributed by atoms with van der Waals surface area (Å²) < 4.78 is 5.13. The van der Waals surface area contributed by atoms with Crippen LogP contribution in [0.1, 0.15) is 20.3 Å². The molecule has 1 fully saturated rings.